The van der Waals surface area contributed by atoms with Gasteiger partial charge in [-0.25, -0.2) is 0 Å². The lowest BCUT2D eigenvalue weighted by Gasteiger charge is -2.19. The van der Waals surface area contributed by atoms with Crippen LogP contribution >= 0.6 is 0 Å². The molecule has 1 aromatic carbocycles. The van der Waals surface area contributed by atoms with Gasteiger partial charge in [-0.05, 0) is 25.1 Å². The minimum atomic E-state index is -4.43. The van der Waals surface area contributed by atoms with Gasteiger partial charge >= 0.3 is 6.18 Å². The molecule has 0 bridgehead atoms. The van der Waals surface area contributed by atoms with Crippen LogP contribution in [0.1, 0.15) is 17.3 Å². The number of carbonyl (C=O) groups excluding carboxylic acids is 1. The number of hydrogen-bond donors (Lipinski definition) is 1. The van der Waals surface area contributed by atoms with Crippen molar-refractivity contribution in [3.8, 4) is 5.75 Å². The van der Waals surface area contributed by atoms with Crippen molar-refractivity contribution in [1.29, 1.82) is 0 Å². The highest BCUT2D eigenvalue weighted by Crippen LogP contribution is 2.24. The third-order valence-electron chi connectivity index (χ3n) is 2.32. The molecule has 0 aliphatic carbocycles. The Bertz CT molecular complexity index is 461. The molecule has 0 aliphatic rings. The highest BCUT2D eigenvalue weighted by molar-refractivity contribution is 5.95. The average molecular weight is 276 g/mol. The largest absolute Gasteiger partial charge is 0.492 e. The van der Waals surface area contributed by atoms with Gasteiger partial charge in [-0.1, -0.05) is 0 Å². The lowest BCUT2D eigenvalue weighted by atomic mass is 10.1. The second kappa shape index (κ2) is 5.81. The molecule has 0 radical (unpaired) electrons. The van der Waals surface area contributed by atoms with Crippen LogP contribution in [0.2, 0.25) is 0 Å². The maximum Gasteiger partial charge on any atom is 0.406 e. The maximum absolute atomic E-state index is 12.2. The smallest absolute Gasteiger partial charge is 0.406 e. The first-order valence-electron chi connectivity index (χ1n) is 5.59. The van der Waals surface area contributed by atoms with Crippen molar-refractivity contribution in [2.24, 2.45) is 0 Å². The summed E-state index contributed by atoms with van der Waals surface area (Å²) < 4.78 is 41.7. The molecule has 0 fully saturated rings. The number of alkyl halides is 3. The standard InChI is InChI=1S/C12H15F3N2O2/c1-3-19-10-5-4-8(6-9(10)16)11(18)17(2)7-12(13,14)15/h4-6H,3,7,16H2,1-2H3. The fourth-order valence-electron chi connectivity index (χ4n) is 1.53. The number of halogens is 3. The zero-order chi connectivity index (χ0) is 14.6. The van der Waals surface area contributed by atoms with E-state index in [0.29, 0.717) is 17.3 Å². The zero-order valence-corrected chi connectivity index (χ0v) is 10.6. The first-order valence-corrected chi connectivity index (χ1v) is 5.59. The molecule has 4 nitrogen and oxygen atoms in total. The molecule has 0 heterocycles. The first-order chi connectivity index (χ1) is 8.74. The van der Waals surface area contributed by atoms with E-state index in [1.165, 1.54) is 18.2 Å². The van der Waals surface area contributed by atoms with Crippen LogP contribution in [-0.4, -0.2) is 37.2 Å². The molecular weight excluding hydrogens is 261 g/mol. The molecule has 2 N–H and O–H groups in total. The fraction of sp³-hybridized carbons (Fsp3) is 0.417. The van der Waals surface area contributed by atoms with Crippen LogP contribution in [0.4, 0.5) is 18.9 Å². The van der Waals surface area contributed by atoms with Gasteiger partial charge < -0.3 is 15.4 Å². The van der Waals surface area contributed by atoms with E-state index in [1.54, 1.807) is 6.92 Å². The molecule has 1 aromatic rings. The van der Waals surface area contributed by atoms with Crippen LogP contribution in [0.15, 0.2) is 18.2 Å². The van der Waals surface area contributed by atoms with Gasteiger partial charge in [0.05, 0.1) is 12.3 Å². The maximum atomic E-state index is 12.2. The Kier molecular flexibility index (Phi) is 4.63. The second-order valence-corrected chi connectivity index (χ2v) is 3.96. The molecule has 106 valence electrons. The van der Waals surface area contributed by atoms with E-state index in [9.17, 15) is 18.0 Å². The Morgan fingerprint density at radius 2 is 2.05 bits per heavy atom. The molecule has 0 unspecified atom stereocenters. The van der Waals surface area contributed by atoms with E-state index < -0.39 is 18.6 Å². The van der Waals surface area contributed by atoms with Crippen molar-refractivity contribution in [3.05, 3.63) is 23.8 Å². The topological polar surface area (TPSA) is 55.6 Å². The van der Waals surface area contributed by atoms with Crippen molar-refractivity contribution in [2.45, 2.75) is 13.1 Å². The Balaban J connectivity index is 2.86. The second-order valence-electron chi connectivity index (χ2n) is 3.96. The third kappa shape index (κ3) is 4.35. The number of nitrogens with two attached hydrogens (primary N) is 1. The van der Waals surface area contributed by atoms with Crippen molar-refractivity contribution < 1.29 is 22.7 Å². The van der Waals surface area contributed by atoms with E-state index in [0.717, 1.165) is 7.05 Å². The highest BCUT2D eigenvalue weighted by Gasteiger charge is 2.31. The van der Waals surface area contributed by atoms with Crippen LogP contribution in [0.3, 0.4) is 0 Å². The molecule has 1 amide bonds. The van der Waals surface area contributed by atoms with E-state index in [-0.39, 0.29) is 11.3 Å². The Morgan fingerprint density at radius 3 is 2.53 bits per heavy atom. The van der Waals surface area contributed by atoms with E-state index in [2.05, 4.69) is 0 Å². The predicted molar refractivity (Wildman–Crippen MR) is 65.0 cm³/mol. The molecule has 0 atom stereocenters. The van der Waals surface area contributed by atoms with Crippen molar-refractivity contribution in [1.82, 2.24) is 4.90 Å². The third-order valence-corrected chi connectivity index (χ3v) is 2.32. The SMILES string of the molecule is CCOc1ccc(C(=O)N(C)CC(F)(F)F)cc1N. The zero-order valence-electron chi connectivity index (χ0n) is 10.6. The molecule has 1 rings (SSSR count). The molecule has 0 saturated heterocycles. The van der Waals surface area contributed by atoms with Crippen molar-refractivity contribution in [3.63, 3.8) is 0 Å². The van der Waals surface area contributed by atoms with Gasteiger partial charge in [0.25, 0.3) is 5.91 Å². The monoisotopic (exact) mass is 276 g/mol. The Hall–Kier alpha value is -1.92. The van der Waals surface area contributed by atoms with E-state index in [1.807, 2.05) is 0 Å². The molecule has 0 spiro atoms. The number of amides is 1. The molecule has 0 saturated carbocycles. The number of nitrogens with zero attached hydrogens (tertiary/aromatic N) is 1. The summed E-state index contributed by atoms with van der Waals surface area (Å²) in [4.78, 5) is 12.4. The van der Waals surface area contributed by atoms with Gasteiger partial charge in [0.2, 0.25) is 0 Å². The lowest BCUT2D eigenvalue weighted by Crippen LogP contribution is -2.35. The molecule has 19 heavy (non-hydrogen) atoms. The molecule has 7 heteroatoms. The average Bonchev–Trinajstić information content (AvgIpc) is 2.29. The minimum absolute atomic E-state index is 0.0905. The van der Waals surface area contributed by atoms with Crippen LogP contribution in [0.5, 0.6) is 5.75 Å². The van der Waals surface area contributed by atoms with Crippen molar-refractivity contribution >= 4 is 11.6 Å². The van der Waals surface area contributed by atoms with E-state index in [4.69, 9.17) is 10.5 Å². The number of nitrogen functional groups attached to an aromatic ring is 1. The van der Waals surface area contributed by atoms with Gasteiger partial charge in [0.1, 0.15) is 12.3 Å². The van der Waals surface area contributed by atoms with Crippen LogP contribution < -0.4 is 10.5 Å². The summed E-state index contributed by atoms with van der Waals surface area (Å²) in [6.45, 7) is 0.875. The van der Waals surface area contributed by atoms with Crippen LogP contribution in [0.25, 0.3) is 0 Å². The number of anilines is 1. The number of rotatable bonds is 4. The lowest BCUT2D eigenvalue weighted by molar-refractivity contribution is -0.138. The van der Waals surface area contributed by atoms with Gasteiger partial charge in [-0.15, -0.1) is 0 Å². The number of ether oxygens (including phenoxy) is 1. The Labute approximate surface area is 108 Å². The van der Waals surface area contributed by atoms with Crippen LogP contribution in [0, 0.1) is 0 Å². The summed E-state index contributed by atoms with van der Waals surface area (Å²) >= 11 is 0. The number of hydrogen-bond acceptors (Lipinski definition) is 3. The van der Waals surface area contributed by atoms with Gasteiger partial charge in [0.15, 0.2) is 0 Å². The highest BCUT2D eigenvalue weighted by atomic mass is 19.4. The number of carbonyl (C=O) groups is 1. The summed E-state index contributed by atoms with van der Waals surface area (Å²) in [6, 6.07) is 4.16. The summed E-state index contributed by atoms with van der Waals surface area (Å²) in [5, 5.41) is 0. The molecular formula is C12H15F3N2O2. The quantitative estimate of drug-likeness (QED) is 0.858. The summed E-state index contributed by atoms with van der Waals surface area (Å²) in [5.74, 6) is -0.343. The number of benzene rings is 1. The predicted octanol–water partition coefficient (Wildman–Crippen LogP) is 2.30. The summed E-state index contributed by atoms with van der Waals surface area (Å²) in [7, 11) is 1.09. The summed E-state index contributed by atoms with van der Waals surface area (Å²) in [6.07, 6.45) is -4.43. The normalized spacial score (nSPS) is 11.2. The molecule has 0 aromatic heterocycles. The van der Waals surface area contributed by atoms with Crippen LogP contribution in [-0.2, 0) is 0 Å². The van der Waals surface area contributed by atoms with Crippen molar-refractivity contribution in [2.75, 3.05) is 25.9 Å². The Morgan fingerprint density at radius 1 is 1.42 bits per heavy atom. The van der Waals surface area contributed by atoms with Gasteiger partial charge in [0, 0.05) is 12.6 Å². The minimum Gasteiger partial charge on any atom is -0.492 e. The molecule has 0 aliphatic heterocycles. The van der Waals surface area contributed by atoms with Gasteiger partial charge in [-0.3, -0.25) is 4.79 Å². The fourth-order valence-corrected chi connectivity index (χ4v) is 1.53. The van der Waals surface area contributed by atoms with E-state index >= 15 is 0 Å². The first kappa shape index (κ1) is 15.1. The summed E-state index contributed by atoms with van der Waals surface area (Å²) in [5.41, 5.74) is 5.96. The van der Waals surface area contributed by atoms with Gasteiger partial charge in [-0.2, -0.15) is 13.2 Å².